The van der Waals surface area contributed by atoms with Gasteiger partial charge in [-0.15, -0.1) is 0 Å². The Hall–Kier alpha value is -6.49. The molecule has 0 aliphatic carbocycles. The van der Waals surface area contributed by atoms with Crippen LogP contribution in [0.3, 0.4) is 0 Å². The van der Waals surface area contributed by atoms with Crippen molar-refractivity contribution in [2.45, 2.75) is 192 Å². The normalized spacial score (nSPS) is 22.4. The Morgan fingerprint density at radius 1 is 0.543 bits per heavy atom. The van der Waals surface area contributed by atoms with E-state index in [-0.39, 0.29) is 61.6 Å². The zero-order valence-electron chi connectivity index (χ0n) is 56.6. The van der Waals surface area contributed by atoms with E-state index in [0.717, 1.165) is 189 Å². The molecule has 522 valence electrons. The van der Waals surface area contributed by atoms with Crippen LogP contribution in [-0.4, -0.2) is 191 Å². The van der Waals surface area contributed by atoms with Crippen molar-refractivity contribution in [3.63, 3.8) is 0 Å². The maximum absolute atomic E-state index is 13.1. The summed E-state index contributed by atoms with van der Waals surface area (Å²) in [5.41, 5.74) is 21.9. The quantitative estimate of drug-likeness (QED) is 0.112. The van der Waals surface area contributed by atoms with E-state index in [4.69, 9.17) is 49.4 Å². The van der Waals surface area contributed by atoms with E-state index < -0.39 is 28.7 Å². The maximum Gasteiger partial charge on any atom is 0.434 e. The minimum Gasteiger partial charge on any atom is -0.444 e. The average Bonchev–Trinajstić information content (AvgIpc) is 1.55. The number of nitrogens with two attached hydrogens (primary N) is 4. The van der Waals surface area contributed by atoms with Gasteiger partial charge in [-0.1, -0.05) is 24.0 Å². The van der Waals surface area contributed by atoms with Gasteiger partial charge in [0, 0.05) is 118 Å². The van der Waals surface area contributed by atoms with E-state index in [1.807, 2.05) is 62.3 Å². The van der Waals surface area contributed by atoms with Gasteiger partial charge in [-0.25, -0.2) is 24.4 Å². The molecule has 0 aromatic carbocycles. The van der Waals surface area contributed by atoms with E-state index in [2.05, 4.69) is 50.8 Å². The molecule has 94 heavy (non-hydrogen) atoms. The van der Waals surface area contributed by atoms with E-state index >= 15 is 0 Å². The summed E-state index contributed by atoms with van der Waals surface area (Å²) < 4.78 is 55.5. The third-order valence-electron chi connectivity index (χ3n) is 19.7. The molecule has 4 amide bonds. The number of hydrogen-bond acceptors (Lipinski definition) is 21. The molecule has 12 rings (SSSR count). The maximum atomic E-state index is 13.1. The average molecular weight is 1350 g/mol. The standard InChI is InChI=1S/C18H20F3N7S.C13H23N3O2.C13H22N2O3.C13H22N2O2S.C8H15N3/c19-18(20,21)13-11(2-1-6-24-13)29-15-14(22)27-12(10-26-15)28-8-4-17(5-9-28)3-7-25-16(17)23;1-12(2,3)18-11(17)16-8-5-13(6-9-16)4-7-15-10(13)14;1-12(2,3)18-11(17)15-8-5-13(6-9-15)4-7-14-10(13)16;1-12(2,3)17-11(16)15-8-5-13(6-9-15)4-7-14-10(13)18;9-7-8(3-6-11-7)1-4-10-5-2-8/h1-2,6,10H,3-5,7-9H2,(H2,22,27)(H2,23,25);4-9H2,1-3H3,(H2,14,15);4-9H2,1-3H3,(H,14,16);4-9H2,1-3H3,(H,14,18);10H,1-6H2,(H2,9,11). The highest BCUT2D eigenvalue weighted by atomic mass is 32.2. The second-order valence-electron chi connectivity index (χ2n) is 29.5. The highest BCUT2D eigenvalue weighted by Gasteiger charge is 2.48. The Morgan fingerprint density at radius 3 is 1.31 bits per heavy atom. The number of piperidine rings is 5. The van der Waals surface area contributed by atoms with Crippen LogP contribution >= 0.6 is 24.0 Å². The minimum atomic E-state index is -4.55. The summed E-state index contributed by atoms with van der Waals surface area (Å²) in [6, 6.07) is 2.78. The van der Waals surface area contributed by atoms with Gasteiger partial charge >= 0.3 is 24.5 Å². The molecule has 0 bridgehead atoms. The van der Waals surface area contributed by atoms with Crippen LogP contribution in [0, 0.1) is 27.1 Å². The van der Waals surface area contributed by atoms with E-state index in [0.29, 0.717) is 37.4 Å². The van der Waals surface area contributed by atoms with Crippen molar-refractivity contribution in [3.8, 4) is 0 Å². The Kier molecular flexibility index (Phi) is 23.3. The van der Waals surface area contributed by atoms with Gasteiger partial charge in [-0.05, 0) is 184 Å². The molecule has 2 aromatic heterocycles. The summed E-state index contributed by atoms with van der Waals surface area (Å²) in [6.45, 7) is 29.1. The number of alkyl halides is 3. The van der Waals surface area contributed by atoms with Gasteiger partial charge < -0.3 is 72.7 Å². The number of amides is 4. The summed E-state index contributed by atoms with van der Waals surface area (Å²) in [7, 11) is 0. The number of ether oxygens (including phenoxy) is 3. The summed E-state index contributed by atoms with van der Waals surface area (Å²) >= 11 is 6.20. The first-order valence-electron chi connectivity index (χ1n) is 33.3. The molecule has 5 spiro atoms. The van der Waals surface area contributed by atoms with Gasteiger partial charge in [0.15, 0.2) is 11.5 Å². The van der Waals surface area contributed by atoms with Crippen LogP contribution in [0.5, 0.6) is 0 Å². The zero-order chi connectivity index (χ0) is 68.5. The lowest BCUT2D eigenvalue weighted by Crippen LogP contribution is -2.48. The SMILES string of the molecule is CC(C)(C)OC(=O)N1CCC2(CCN=C2N)CC1.CC(C)(C)OC(=O)N1CCC2(CCNC2=O)CC1.CC(C)(C)OC(=O)N1CCC2(CCNC2=S)CC1.NC1=NCCC12CCN(c1cnc(Sc3cccnc3C(F)(F)F)c(N)n1)CC2.NC1=NCCC12CCNCC2. The number of carbonyl (C=O) groups excluding carboxylic acids is 4. The molecule has 0 atom stereocenters. The Balaban J connectivity index is 0.000000156. The lowest BCUT2D eigenvalue weighted by atomic mass is 9.76. The van der Waals surface area contributed by atoms with Crippen molar-refractivity contribution in [1.29, 1.82) is 0 Å². The van der Waals surface area contributed by atoms with Crippen LogP contribution in [0.15, 0.2) is 49.4 Å². The van der Waals surface area contributed by atoms with E-state index in [1.54, 1.807) is 20.9 Å². The fourth-order valence-corrected chi connectivity index (χ4v) is 15.1. The lowest BCUT2D eigenvalue weighted by molar-refractivity contribution is -0.143. The molecule has 0 radical (unpaired) electrons. The Bertz CT molecular complexity index is 2960. The van der Waals surface area contributed by atoms with Gasteiger partial charge in [0.2, 0.25) is 5.91 Å². The number of halogens is 3. The van der Waals surface area contributed by atoms with Gasteiger partial charge in [0.1, 0.15) is 45.2 Å². The number of nitrogens with zero attached hydrogens (tertiary/aromatic N) is 10. The van der Waals surface area contributed by atoms with E-state index in [1.165, 1.54) is 31.4 Å². The van der Waals surface area contributed by atoms with Crippen LogP contribution in [0.2, 0.25) is 0 Å². The first kappa shape index (κ1) is 73.3. The summed E-state index contributed by atoms with van der Waals surface area (Å²) in [5, 5.41) is 9.71. The predicted octanol–water partition coefficient (Wildman–Crippen LogP) is 8.70. The number of hydrogen-bond donors (Lipinski definition) is 7. The second-order valence-corrected chi connectivity index (χ2v) is 30.9. The largest absolute Gasteiger partial charge is 0.444 e. The summed E-state index contributed by atoms with van der Waals surface area (Å²) in [6.07, 6.45) is 11.9. The molecule has 24 nitrogen and oxygen atoms in total. The number of amidine groups is 3. The number of rotatable bonds is 3. The molecule has 7 fully saturated rings. The van der Waals surface area contributed by atoms with Crippen molar-refractivity contribution in [2.24, 2.45) is 59.3 Å². The fourth-order valence-electron chi connectivity index (χ4n) is 13.8. The summed E-state index contributed by atoms with van der Waals surface area (Å²) in [5.74, 6) is 3.30. The van der Waals surface area contributed by atoms with Gasteiger partial charge in [0.05, 0.1) is 16.6 Å². The topological polar surface area (TPSA) is 325 Å². The molecule has 2 aromatic rings. The molecule has 12 heterocycles. The number of anilines is 2. The smallest absolute Gasteiger partial charge is 0.434 e. The van der Waals surface area contributed by atoms with Gasteiger partial charge in [-0.3, -0.25) is 24.8 Å². The van der Waals surface area contributed by atoms with Crippen molar-refractivity contribution >= 4 is 82.3 Å². The zero-order valence-corrected chi connectivity index (χ0v) is 58.2. The molecule has 10 aliphatic rings. The number of nitrogens with one attached hydrogen (secondary N) is 3. The van der Waals surface area contributed by atoms with Crippen LogP contribution < -0.4 is 43.8 Å². The van der Waals surface area contributed by atoms with E-state index in [9.17, 15) is 32.3 Å². The second kappa shape index (κ2) is 29.9. The van der Waals surface area contributed by atoms with Gasteiger partial charge in [0.25, 0.3) is 0 Å². The molecule has 7 saturated heterocycles. The molecular weight excluding hydrogens is 1250 g/mol. The van der Waals surface area contributed by atoms with Crippen molar-refractivity contribution < 1.29 is 46.6 Å². The number of likely N-dealkylation sites (tertiary alicyclic amines) is 3. The lowest BCUT2D eigenvalue weighted by Gasteiger charge is -2.39. The third kappa shape index (κ3) is 18.5. The molecule has 0 saturated carbocycles. The molecule has 29 heteroatoms. The predicted molar refractivity (Wildman–Crippen MR) is 363 cm³/mol. The number of nitrogen functional groups attached to an aromatic ring is 1. The summed E-state index contributed by atoms with van der Waals surface area (Å²) in [4.78, 5) is 80.9. The van der Waals surface area contributed by atoms with Crippen LogP contribution in [0.4, 0.5) is 39.2 Å². The molecule has 0 unspecified atom stereocenters. The Labute approximate surface area is 561 Å². The Morgan fingerprint density at radius 2 is 0.936 bits per heavy atom. The fraction of sp³-hybridized carbons (Fsp3) is 0.738. The van der Waals surface area contributed by atoms with Crippen molar-refractivity contribution in [1.82, 2.24) is 45.6 Å². The minimum absolute atomic E-state index is 0.0143. The van der Waals surface area contributed by atoms with Crippen LogP contribution in [0.1, 0.15) is 164 Å². The number of thiocarbonyl (C=S) groups is 1. The molecule has 11 N–H and O–H groups in total. The number of aromatic nitrogens is 3. The number of aliphatic imine (C=N–C) groups is 3. The van der Waals surface area contributed by atoms with Crippen molar-refractivity contribution in [3.05, 3.63) is 30.2 Å². The van der Waals surface area contributed by atoms with Crippen LogP contribution in [-0.2, 0) is 25.2 Å². The first-order chi connectivity index (χ1) is 44.1. The van der Waals surface area contributed by atoms with Gasteiger partial charge in [-0.2, -0.15) is 13.2 Å². The number of pyridine rings is 1. The molecular formula is C65H102F3N17O7S2. The molecule has 10 aliphatic heterocycles. The first-order valence-corrected chi connectivity index (χ1v) is 34.5. The number of carbonyl (C=O) groups is 4. The third-order valence-corrected chi connectivity index (χ3v) is 21.3. The highest BCUT2D eigenvalue weighted by Crippen LogP contribution is 2.44. The highest BCUT2D eigenvalue weighted by molar-refractivity contribution is 7.99. The monoisotopic (exact) mass is 1350 g/mol. The van der Waals surface area contributed by atoms with Crippen molar-refractivity contribution in [2.75, 3.05) is 109 Å². The van der Waals surface area contributed by atoms with Crippen LogP contribution in [0.25, 0.3) is 0 Å².